The highest BCUT2D eigenvalue weighted by atomic mass is 16.3. The lowest BCUT2D eigenvalue weighted by Crippen LogP contribution is -2.51. The summed E-state index contributed by atoms with van der Waals surface area (Å²) >= 11 is 0. The van der Waals surface area contributed by atoms with Gasteiger partial charge >= 0.3 is 0 Å². The van der Waals surface area contributed by atoms with Gasteiger partial charge in [0.25, 0.3) is 0 Å². The fourth-order valence-corrected chi connectivity index (χ4v) is 3.28. The lowest BCUT2D eigenvalue weighted by molar-refractivity contribution is -0.145. The Morgan fingerprint density at radius 1 is 1.00 bits per heavy atom. The molecule has 1 aliphatic heterocycles. The van der Waals surface area contributed by atoms with Crippen molar-refractivity contribution < 1.29 is 14.7 Å². The second-order valence-corrected chi connectivity index (χ2v) is 7.22. The fourth-order valence-electron chi connectivity index (χ4n) is 3.28. The predicted octanol–water partition coefficient (Wildman–Crippen LogP) is 2.81. The monoisotopic (exact) mass is 366 g/mol. The Morgan fingerprint density at radius 2 is 1.70 bits per heavy atom. The topological polar surface area (TPSA) is 60.9 Å². The summed E-state index contributed by atoms with van der Waals surface area (Å²) in [4.78, 5) is 28.4. The van der Waals surface area contributed by atoms with Gasteiger partial charge in [0.2, 0.25) is 11.8 Å². The number of hydrogen-bond acceptors (Lipinski definition) is 3. The first-order valence-electron chi connectivity index (χ1n) is 9.32. The van der Waals surface area contributed by atoms with Crippen molar-refractivity contribution in [2.45, 2.75) is 33.2 Å². The van der Waals surface area contributed by atoms with Gasteiger partial charge in [-0.05, 0) is 54.7 Å². The molecule has 3 rings (SSSR count). The van der Waals surface area contributed by atoms with Crippen molar-refractivity contribution in [3.8, 4) is 5.75 Å². The van der Waals surface area contributed by atoms with Gasteiger partial charge in [-0.1, -0.05) is 30.3 Å². The van der Waals surface area contributed by atoms with Gasteiger partial charge in [0.05, 0.1) is 6.54 Å². The van der Waals surface area contributed by atoms with E-state index in [9.17, 15) is 14.7 Å². The van der Waals surface area contributed by atoms with Gasteiger partial charge < -0.3 is 14.9 Å². The van der Waals surface area contributed by atoms with Crippen molar-refractivity contribution >= 4 is 11.8 Å². The molecule has 2 aromatic carbocycles. The quantitative estimate of drug-likeness (QED) is 0.885. The van der Waals surface area contributed by atoms with Gasteiger partial charge in [0.15, 0.2) is 0 Å². The van der Waals surface area contributed by atoms with Gasteiger partial charge in [-0.3, -0.25) is 9.59 Å². The van der Waals surface area contributed by atoms with Crippen LogP contribution in [0.2, 0.25) is 0 Å². The summed E-state index contributed by atoms with van der Waals surface area (Å²) in [5.74, 6) is 0.218. The standard InChI is InChI=1S/C22H26N2O3/c1-16-3-4-19(13-17(16)2)14-23-11-12-24(15-22(23)27)21(26)10-7-18-5-8-20(25)9-6-18/h3-6,8-9,13,25H,7,10-12,14-15H2,1-2H3. The average Bonchev–Trinajstić information content (AvgIpc) is 2.65. The minimum absolute atomic E-state index is 0.00209. The minimum Gasteiger partial charge on any atom is -0.508 e. The van der Waals surface area contributed by atoms with Crippen molar-refractivity contribution in [3.63, 3.8) is 0 Å². The first-order valence-corrected chi connectivity index (χ1v) is 9.32. The summed E-state index contributed by atoms with van der Waals surface area (Å²) in [6, 6.07) is 13.1. The maximum absolute atomic E-state index is 12.5. The average molecular weight is 366 g/mol. The van der Waals surface area contributed by atoms with E-state index in [4.69, 9.17) is 0 Å². The molecule has 1 saturated heterocycles. The number of carbonyl (C=O) groups excluding carboxylic acids is 2. The number of amides is 2. The van der Waals surface area contributed by atoms with Crippen LogP contribution in [0.25, 0.3) is 0 Å². The molecule has 0 atom stereocenters. The SMILES string of the molecule is Cc1ccc(CN2CCN(C(=O)CCc3ccc(O)cc3)CC2=O)cc1C. The number of hydrogen-bond donors (Lipinski definition) is 1. The molecule has 0 saturated carbocycles. The van der Waals surface area contributed by atoms with Crippen molar-refractivity contribution in [1.29, 1.82) is 0 Å². The zero-order valence-electron chi connectivity index (χ0n) is 15.9. The lowest BCUT2D eigenvalue weighted by Gasteiger charge is -2.34. The molecule has 1 heterocycles. The van der Waals surface area contributed by atoms with E-state index in [0.717, 1.165) is 11.1 Å². The van der Waals surface area contributed by atoms with Crippen molar-refractivity contribution in [3.05, 3.63) is 64.7 Å². The number of carbonyl (C=O) groups is 2. The van der Waals surface area contributed by atoms with E-state index < -0.39 is 0 Å². The van der Waals surface area contributed by atoms with Gasteiger partial charge in [-0.15, -0.1) is 0 Å². The Kier molecular flexibility index (Phi) is 5.79. The maximum atomic E-state index is 12.5. The molecule has 0 aromatic heterocycles. The first-order chi connectivity index (χ1) is 12.9. The van der Waals surface area contributed by atoms with Crippen LogP contribution in [0, 0.1) is 13.8 Å². The molecular formula is C22H26N2O3. The Balaban J connectivity index is 1.51. The van der Waals surface area contributed by atoms with Crippen LogP contribution >= 0.6 is 0 Å². The molecule has 1 N–H and O–H groups in total. The Morgan fingerprint density at radius 3 is 2.37 bits per heavy atom. The third-order valence-corrected chi connectivity index (χ3v) is 5.18. The van der Waals surface area contributed by atoms with E-state index >= 15 is 0 Å². The largest absolute Gasteiger partial charge is 0.508 e. The molecule has 27 heavy (non-hydrogen) atoms. The van der Waals surface area contributed by atoms with Crippen LogP contribution in [0.5, 0.6) is 5.75 Å². The number of aryl methyl sites for hydroxylation is 3. The summed E-state index contributed by atoms with van der Waals surface area (Å²) < 4.78 is 0. The summed E-state index contributed by atoms with van der Waals surface area (Å²) in [5, 5.41) is 9.31. The highest BCUT2D eigenvalue weighted by molar-refractivity contribution is 5.86. The van der Waals surface area contributed by atoms with Crippen molar-refractivity contribution in [2.24, 2.45) is 0 Å². The van der Waals surface area contributed by atoms with Crippen LogP contribution in [-0.4, -0.2) is 46.4 Å². The van der Waals surface area contributed by atoms with Crippen molar-refractivity contribution in [2.75, 3.05) is 19.6 Å². The molecule has 1 aliphatic rings. The van der Waals surface area contributed by atoms with Crippen LogP contribution in [-0.2, 0) is 22.6 Å². The summed E-state index contributed by atoms with van der Waals surface area (Å²) in [7, 11) is 0. The number of piperazine rings is 1. The molecule has 0 bridgehead atoms. The van der Waals surface area contributed by atoms with Gasteiger partial charge in [-0.25, -0.2) is 0 Å². The molecule has 0 unspecified atom stereocenters. The van der Waals surface area contributed by atoms with E-state index in [2.05, 4.69) is 32.0 Å². The minimum atomic E-state index is -0.00235. The zero-order valence-corrected chi connectivity index (χ0v) is 15.9. The fraction of sp³-hybridized carbons (Fsp3) is 0.364. The molecule has 2 amide bonds. The number of phenolic OH excluding ortho intramolecular Hbond substituents is 1. The Bertz CT molecular complexity index is 830. The zero-order chi connectivity index (χ0) is 19.4. The highest BCUT2D eigenvalue weighted by Gasteiger charge is 2.26. The third-order valence-electron chi connectivity index (χ3n) is 5.18. The van der Waals surface area contributed by atoms with E-state index in [1.54, 1.807) is 17.0 Å². The van der Waals surface area contributed by atoms with Crippen LogP contribution in [0.1, 0.15) is 28.7 Å². The van der Waals surface area contributed by atoms with E-state index in [0.29, 0.717) is 32.5 Å². The highest BCUT2D eigenvalue weighted by Crippen LogP contribution is 2.15. The van der Waals surface area contributed by atoms with Gasteiger partial charge in [-0.2, -0.15) is 0 Å². The predicted molar refractivity (Wildman–Crippen MR) is 104 cm³/mol. The normalized spacial score (nSPS) is 14.5. The molecule has 5 nitrogen and oxygen atoms in total. The van der Waals surface area contributed by atoms with E-state index in [-0.39, 0.29) is 24.1 Å². The number of aromatic hydroxyl groups is 1. The number of benzene rings is 2. The van der Waals surface area contributed by atoms with E-state index in [1.165, 1.54) is 11.1 Å². The van der Waals surface area contributed by atoms with Crippen LogP contribution in [0.3, 0.4) is 0 Å². The molecule has 5 heteroatoms. The summed E-state index contributed by atoms with van der Waals surface area (Å²) in [6.45, 7) is 6.04. The molecule has 0 radical (unpaired) electrons. The number of nitrogens with zero attached hydrogens (tertiary/aromatic N) is 2. The second-order valence-electron chi connectivity index (χ2n) is 7.22. The molecule has 142 valence electrons. The maximum Gasteiger partial charge on any atom is 0.242 e. The van der Waals surface area contributed by atoms with Crippen LogP contribution < -0.4 is 0 Å². The third kappa shape index (κ3) is 4.88. The van der Waals surface area contributed by atoms with Crippen molar-refractivity contribution in [1.82, 2.24) is 9.80 Å². The lowest BCUT2D eigenvalue weighted by atomic mass is 10.1. The summed E-state index contributed by atoms with van der Waals surface area (Å²) in [5.41, 5.74) is 4.59. The first kappa shape index (κ1) is 19.0. The number of phenols is 1. The molecule has 0 aliphatic carbocycles. The molecule has 1 fully saturated rings. The van der Waals surface area contributed by atoms with Crippen LogP contribution in [0.15, 0.2) is 42.5 Å². The Labute approximate surface area is 160 Å². The molecule has 0 spiro atoms. The smallest absolute Gasteiger partial charge is 0.242 e. The molecular weight excluding hydrogens is 340 g/mol. The summed E-state index contributed by atoms with van der Waals surface area (Å²) in [6.07, 6.45) is 0.978. The number of rotatable bonds is 5. The van der Waals surface area contributed by atoms with Crippen LogP contribution in [0.4, 0.5) is 0 Å². The van der Waals surface area contributed by atoms with Gasteiger partial charge in [0.1, 0.15) is 5.75 Å². The Hall–Kier alpha value is -2.82. The second kappa shape index (κ2) is 8.25. The van der Waals surface area contributed by atoms with Gasteiger partial charge in [0, 0.05) is 26.1 Å². The van der Waals surface area contributed by atoms with E-state index in [1.807, 2.05) is 17.0 Å². The molecule has 2 aromatic rings.